The van der Waals surface area contributed by atoms with Crippen LogP contribution in [-0.2, 0) is 11.3 Å². The predicted molar refractivity (Wildman–Crippen MR) is 248 cm³/mol. The third kappa shape index (κ3) is 9.48. The number of nitrogens with one attached hydrogen (secondary N) is 6. The molecule has 2 saturated carbocycles. The van der Waals surface area contributed by atoms with Gasteiger partial charge in [-0.25, -0.2) is 19.9 Å². The Morgan fingerprint density at radius 2 is 1.14 bits per heavy atom. The molecule has 2 aliphatic heterocycles. The van der Waals surface area contributed by atoms with Gasteiger partial charge in [-0.05, 0) is 69.4 Å². The highest BCUT2D eigenvalue weighted by atomic mass is 35.6. The molecule has 2 unspecified atom stereocenters. The number of hydrogen-bond acceptors (Lipinski definition) is 10. The quantitative estimate of drug-likeness (QED) is 0.0619. The lowest BCUT2D eigenvalue weighted by Crippen LogP contribution is -2.23. The van der Waals surface area contributed by atoms with Crippen LogP contribution in [0.25, 0.3) is 44.6 Å². The maximum absolute atomic E-state index is 12.6. The normalized spacial score (nSPS) is 17.2. The minimum absolute atomic E-state index is 0.0842. The van der Waals surface area contributed by atoms with E-state index in [2.05, 4.69) is 31.2 Å². The zero-order valence-electron chi connectivity index (χ0n) is 34.4. The maximum Gasteiger partial charge on any atom is 0.450 e. The average Bonchev–Trinajstić information content (AvgIpc) is 4.11. The van der Waals surface area contributed by atoms with Gasteiger partial charge in [0.15, 0.2) is 0 Å². The van der Waals surface area contributed by atoms with Crippen molar-refractivity contribution in [2.24, 2.45) is 0 Å². The minimum atomic E-state index is -0.750. The molecule has 322 valence electrons. The fraction of sp³-hybridized carbons (Fsp3) is 0.289. The van der Waals surface area contributed by atoms with E-state index in [4.69, 9.17) is 59.1 Å². The zero-order valence-corrected chi connectivity index (χ0v) is 36.7. The molecule has 4 aromatic heterocycles. The predicted octanol–water partition coefficient (Wildman–Crippen LogP) is 8.48. The highest BCUT2D eigenvalue weighted by molar-refractivity contribution is 7.54. The third-order valence-electron chi connectivity index (χ3n) is 11.2. The van der Waals surface area contributed by atoms with Gasteiger partial charge >= 0.3 is 4.96 Å². The van der Waals surface area contributed by atoms with Crippen molar-refractivity contribution < 1.29 is 19.4 Å². The number of carbonyl (C=O) groups excluding carboxylic acids is 2. The van der Waals surface area contributed by atoms with Crippen LogP contribution in [0.3, 0.4) is 0 Å². The lowest BCUT2D eigenvalue weighted by atomic mass is 10.1. The van der Waals surface area contributed by atoms with E-state index in [1.54, 1.807) is 0 Å². The van der Waals surface area contributed by atoms with E-state index < -0.39 is 4.96 Å². The number of carbonyl (C=O) groups is 2. The lowest BCUT2D eigenvalue weighted by molar-refractivity contribution is 0.0840. The van der Waals surface area contributed by atoms with Gasteiger partial charge in [0.2, 0.25) is 0 Å². The Bertz CT molecular complexity index is 2830. The molecule has 0 bridgehead atoms. The molecular formula is C45H44BCl3N10O4. The Labute approximate surface area is 378 Å². The van der Waals surface area contributed by atoms with Crippen LogP contribution in [-0.4, -0.2) is 77.1 Å². The molecule has 14 nitrogen and oxygen atoms in total. The first-order chi connectivity index (χ1) is 30.5. The number of aryl methyl sites for hydroxylation is 2. The number of amides is 2. The molecule has 7 aromatic rings. The summed E-state index contributed by atoms with van der Waals surface area (Å²) < 4.78 is 5.90. The molecule has 2 amide bonds. The van der Waals surface area contributed by atoms with Crippen LogP contribution in [0.4, 0.5) is 11.6 Å². The summed E-state index contributed by atoms with van der Waals surface area (Å²) in [4.78, 5) is 49.9. The van der Waals surface area contributed by atoms with Gasteiger partial charge in [0, 0.05) is 34.6 Å². The van der Waals surface area contributed by atoms with Gasteiger partial charge in [-0.3, -0.25) is 9.59 Å². The number of fused-ring (bicyclic) bond motifs is 4. The second-order valence-electron chi connectivity index (χ2n) is 16.0. The van der Waals surface area contributed by atoms with Gasteiger partial charge in [-0.2, -0.15) is 34.4 Å². The smallest absolute Gasteiger partial charge is 0.394 e. The molecule has 0 spiro atoms. The number of H-pyrrole nitrogens is 2. The first-order valence-corrected chi connectivity index (χ1v) is 22.1. The summed E-state index contributed by atoms with van der Waals surface area (Å²) in [7, 11) is 0. The molecule has 18 heteroatoms. The Morgan fingerprint density at radius 3 is 1.62 bits per heavy atom. The molecule has 7 N–H and O–H groups in total. The van der Waals surface area contributed by atoms with Crippen LogP contribution in [0.5, 0.6) is 0 Å². The standard InChI is InChI=1S/C26H25N5O2.C19H19N5O2.BCl3/c1-15-25(28-17-10-11-17)31-23-18(8-5-9-20(23)27-15)21-12-19-24(29-21)22(30-26(19)32)14-33-13-16-6-3-2-4-7-16;1-9-18(21-10-5-6-10)24-16-11(3-2-4-13(16)20-9)14-7-12-17(22-14)15(8-25)23-19(12)26;2-1(3)4/h2-9,12,17,22,29H,10-11,13-14H2,1H3,(H,28,31)(H,30,32);2-4,7,10,15,22,25H,5-6,8H2,1H3,(H,21,24)(H,23,26);. The molecule has 4 aliphatic rings. The molecule has 11 rings (SSSR count). The van der Waals surface area contributed by atoms with Crippen molar-refractivity contribution >= 4 is 84.9 Å². The molecule has 6 heterocycles. The fourth-order valence-corrected chi connectivity index (χ4v) is 7.78. The summed E-state index contributed by atoms with van der Waals surface area (Å²) in [5.41, 5.74) is 12.5. The Balaban J connectivity index is 0.000000151. The molecule has 0 radical (unpaired) electrons. The Hall–Kier alpha value is -5.71. The van der Waals surface area contributed by atoms with Gasteiger partial charge in [0.1, 0.15) is 22.7 Å². The van der Waals surface area contributed by atoms with Crippen LogP contribution < -0.4 is 21.3 Å². The summed E-state index contributed by atoms with van der Waals surface area (Å²) in [5, 5.41) is 22.2. The summed E-state index contributed by atoms with van der Waals surface area (Å²) in [6.07, 6.45) is 4.68. The zero-order chi connectivity index (χ0) is 43.8. The minimum Gasteiger partial charge on any atom is -0.394 e. The van der Waals surface area contributed by atoms with Crippen LogP contribution in [0.1, 0.15) is 86.8 Å². The van der Waals surface area contributed by atoms with Gasteiger partial charge in [-0.15, -0.1) is 0 Å². The van der Waals surface area contributed by atoms with Crippen molar-refractivity contribution in [1.82, 2.24) is 40.5 Å². The number of anilines is 2. The number of ether oxygens (including phenoxy) is 1. The van der Waals surface area contributed by atoms with Crippen molar-refractivity contribution in [3.63, 3.8) is 0 Å². The van der Waals surface area contributed by atoms with Crippen molar-refractivity contribution in [2.75, 3.05) is 23.8 Å². The van der Waals surface area contributed by atoms with Crippen LogP contribution in [0, 0.1) is 13.8 Å². The monoisotopic (exact) mass is 904 g/mol. The highest BCUT2D eigenvalue weighted by Crippen LogP contribution is 2.36. The molecule has 0 saturated heterocycles. The number of benzene rings is 3. The van der Waals surface area contributed by atoms with Gasteiger partial charge in [-0.1, -0.05) is 54.6 Å². The number of halogens is 3. The van der Waals surface area contributed by atoms with Crippen molar-refractivity contribution in [1.29, 1.82) is 0 Å². The average molecular weight is 906 g/mol. The van der Waals surface area contributed by atoms with E-state index in [1.165, 1.54) is 25.7 Å². The second kappa shape index (κ2) is 18.2. The van der Waals surface area contributed by atoms with Gasteiger partial charge in [0.25, 0.3) is 11.8 Å². The topological polar surface area (TPSA) is 195 Å². The van der Waals surface area contributed by atoms with Crippen LogP contribution in [0.2, 0.25) is 0 Å². The van der Waals surface area contributed by atoms with Crippen molar-refractivity contribution in [2.45, 2.75) is 70.3 Å². The number of aliphatic hydroxyl groups excluding tert-OH is 1. The number of aliphatic hydroxyl groups is 1. The number of hydrogen-bond donors (Lipinski definition) is 7. The summed E-state index contributed by atoms with van der Waals surface area (Å²) in [6, 6.07) is 26.0. The molecule has 2 aliphatic carbocycles. The summed E-state index contributed by atoms with van der Waals surface area (Å²) in [5.74, 6) is 1.40. The number of aromatic nitrogens is 6. The Kier molecular flexibility index (Phi) is 12.3. The number of rotatable bonds is 11. The van der Waals surface area contributed by atoms with Crippen molar-refractivity contribution in [3.8, 4) is 22.5 Å². The molecule has 2 fully saturated rings. The van der Waals surface area contributed by atoms with Gasteiger partial charge < -0.3 is 41.1 Å². The summed E-state index contributed by atoms with van der Waals surface area (Å²) in [6.45, 7) is 4.71. The number of aromatic amines is 2. The van der Waals surface area contributed by atoms with Crippen LogP contribution >= 0.6 is 34.4 Å². The largest absolute Gasteiger partial charge is 0.450 e. The first kappa shape index (κ1) is 42.6. The lowest BCUT2D eigenvalue weighted by Gasteiger charge is -2.13. The van der Waals surface area contributed by atoms with E-state index in [0.717, 1.165) is 84.6 Å². The SMILES string of the molecule is Cc1nc2cccc(-c3cc4c([nH]3)C(CO)NC4=O)c2nc1NC1CC1.Cc1nc2cccc(-c3cc4c([nH]3)C(COCc3ccccc3)NC4=O)c2nc1NC1CC1.ClB(Cl)Cl. The number of nitrogens with zero attached hydrogens (tertiary/aromatic N) is 4. The first-order valence-electron chi connectivity index (χ1n) is 20.8. The van der Waals surface area contributed by atoms with Crippen LogP contribution in [0.15, 0.2) is 78.9 Å². The molecule has 3 aromatic carbocycles. The Morgan fingerprint density at radius 1 is 0.667 bits per heavy atom. The van der Waals surface area contributed by atoms with E-state index in [1.807, 2.05) is 92.7 Å². The van der Waals surface area contributed by atoms with Gasteiger partial charge in [0.05, 0.1) is 76.8 Å². The molecule has 2 atom stereocenters. The van der Waals surface area contributed by atoms with E-state index in [9.17, 15) is 14.7 Å². The second-order valence-corrected chi connectivity index (χ2v) is 18.0. The maximum atomic E-state index is 12.6. The number of para-hydroxylation sites is 2. The van der Waals surface area contributed by atoms with E-state index in [0.29, 0.717) is 36.4 Å². The van der Waals surface area contributed by atoms with E-state index in [-0.39, 0.29) is 30.5 Å². The van der Waals surface area contributed by atoms with E-state index >= 15 is 0 Å². The van der Waals surface area contributed by atoms with Crippen molar-refractivity contribution in [3.05, 3.63) is 118 Å². The molecule has 63 heavy (non-hydrogen) atoms. The highest BCUT2D eigenvalue weighted by Gasteiger charge is 2.33. The fourth-order valence-electron chi connectivity index (χ4n) is 7.78. The third-order valence-corrected chi connectivity index (χ3v) is 11.2. The summed E-state index contributed by atoms with van der Waals surface area (Å²) >= 11 is 14.4. The molecular weight excluding hydrogens is 862 g/mol.